The van der Waals surface area contributed by atoms with Crippen LogP contribution in [0.4, 0.5) is 13.2 Å². The summed E-state index contributed by atoms with van der Waals surface area (Å²) in [6.07, 6.45) is -0.412. The normalized spacial score (nSPS) is 13.0. The maximum Gasteiger partial charge on any atom is 0.416 e. The molecule has 0 fully saturated rings. The quantitative estimate of drug-likeness (QED) is 0.401. The van der Waals surface area contributed by atoms with Crippen LogP contribution in [-0.4, -0.2) is 26.5 Å². The van der Waals surface area contributed by atoms with Crippen LogP contribution in [0.15, 0.2) is 53.6 Å². The van der Waals surface area contributed by atoms with E-state index in [-0.39, 0.29) is 5.56 Å². The van der Waals surface area contributed by atoms with Crippen LogP contribution in [0.25, 0.3) is 6.08 Å². The van der Waals surface area contributed by atoms with Crippen molar-refractivity contribution in [2.45, 2.75) is 30.2 Å². The van der Waals surface area contributed by atoms with E-state index in [1.807, 2.05) is 13.0 Å². The van der Waals surface area contributed by atoms with Crippen LogP contribution >= 0.6 is 11.8 Å². The highest BCUT2D eigenvalue weighted by Crippen LogP contribution is 2.42. The average molecular weight is 433 g/mol. The van der Waals surface area contributed by atoms with Crippen molar-refractivity contribution in [2.75, 3.05) is 0 Å². The molecule has 2 N–H and O–H groups in total. The predicted molar refractivity (Wildman–Crippen MR) is 108 cm³/mol. The summed E-state index contributed by atoms with van der Waals surface area (Å²) in [6.45, 7) is 3.27. The number of H-pyrrole nitrogens is 1. The molecule has 30 heavy (non-hydrogen) atoms. The van der Waals surface area contributed by atoms with Gasteiger partial charge in [-0.05, 0) is 60.4 Å². The van der Waals surface area contributed by atoms with Gasteiger partial charge in [0.1, 0.15) is 5.69 Å². The Hall–Kier alpha value is -3.07. The molecule has 3 rings (SSSR count). The number of carboxylic acid groups (broad SMARTS) is 1. The number of rotatable bonds is 6. The van der Waals surface area contributed by atoms with Gasteiger partial charge in [0.2, 0.25) is 0 Å². The first-order chi connectivity index (χ1) is 14.1. The molecule has 0 aliphatic rings. The number of carbonyl (C=O) groups is 1. The second-order valence-electron chi connectivity index (χ2n) is 6.65. The number of aromatic amines is 1. The summed E-state index contributed by atoms with van der Waals surface area (Å²) in [5.41, 5.74) is 2.02. The summed E-state index contributed by atoms with van der Waals surface area (Å²) in [5.74, 6) is -1.04. The number of hydrogen-bond acceptors (Lipinski definition) is 4. The molecule has 1 heterocycles. The molecule has 0 bridgehead atoms. The molecule has 5 nitrogen and oxygen atoms in total. The minimum Gasteiger partial charge on any atom is -0.478 e. The van der Waals surface area contributed by atoms with Gasteiger partial charge in [0.05, 0.1) is 17.0 Å². The zero-order chi connectivity index (χ0) is 21.9. The summed E-state index contributed by atoms with van der Waals surface area (Å²) in [7, 11) is 0. The largest absolute Gasteiger partial charge is 0.478 e. The SMILES string of the molecule is Cc1cc(SC(c2ccc(C)c(C(F)(F)F)c2)c2cn[nH]n2)ccc1C=CC(=O)O. The molecular weight excluding hydrogens is 415 g/mol. The van der Waals surface area contributed by atoms with Crippen molar-refractivity contribution in [1.29, 1.82) is 0 Å². The van der Waals surface area contributed by atoms with E-state index < -0.39 is 23.0 Å². The number of nitrogens with zero attached hydrogens (tertiary/aromatic N) is 2. The van der Waals surface area contributed by atoms with Crippen molar-refractivity contribution in [3.8, 4) is 0 Å². The smallest absolute Gasteiger partial charge is 0.416 e. The van der Waals surface area contributed by atoms with Crippen LogP contribution in [0, 0.1) is 13.8 Å². The molecule has 1 unspecified atom stereocenters. The molecule has 0 saturated carbocycles. The number of carboxylic acids is 1. The standard InChI is InChI=1S/C21H18F3N3O2S/c1-12-3-4-15(10-17(12)21(22,23)24)20(18-11-25-27-26-18)30-16-7-5-14(13(2)9-16)6-8-19(28)29/h3-11,20H,1-2H3,(H,28,29)(H,25,26,27). The Bertz CT molecular complexity index is 1080. The van der Waals surface area contributed by atoms with Crippen LogP contribution in [0.2, 0.25) is 0 Å². The lowest BCUT2D eigenvalue weighted by Gasteiger charge is -2.18. The first-order valence-electron chi connectivity index (χ1n) is 8.87. The van der Waals surface area contributed by atoms with Gasteiger partial charge in [-0.25, -0.2) is 4.79 Å². The van der Waals surface area contributed by atoms with Crippen molar-refractivity contribution in [3.05, 3.63) is 82.2 Å². The van der Waals surface area contributed by atoms with Crippen molar-refractivity contribution in [3.63, 3.8) is 0 Å². The van der Waals surface area contributed by atoms with E-state index in [9.17, 15) is 18.0 Å². The van der Waals surface area contributed by atoms with E-state index >= 15 is 0 Å². The summed E-state index contributed by atoms with van der Waals surface area (Å²) in [4.78, 5) is 11.5. The highest BCUT2D eigenvalue weighted by Gasteiger charge is 2.33. The van der Waals surface area contributed by atoms with E-state index in [1.165, 1.54) is 37.0 Å². The summed E-state index contributed by atoms with van der Waals surface area (Å²) in [5, 5.41) is 18.7. The van der Waals surface area contributed by atoms with Gasteiger partial charge in [0.25, 0.3) is 0 Å². The summed E-state index contributed by atoms with van der Waals surface area (Å²) >= 11 is 1.34. The number of halogens is 3. The van der Waals surface area contributed by atoms with Crippen molar-refractivity contribution >= 4 is 23.8 Å². The Morgan fingerprint density at radius 1 is 1.17 bits per heavy atom. The summed E-state index contributed by atoms with van der Waals surface area (Å²) < 4.78 is 40.2. The number of hydrogen-bond donors (Lipinski definition) is 2. The lowest BCUT2D eigenvalue weighted by Crippen LogP contribution is -2.09. The monoisotopic (exact) mass is 433 g/mol. The summed E-state index contributed by atoms with van der Waals surface area (Å²) in [6, 6.07) is 9.69. The van der Waals surface area contributed by atoms with Gasteiger partial charge in [-0.3, -0.25) is 0 Å². The highest BCUT2D eigenvalue weighted by atomic mass is 32.2. The number of aliphatic carboxylic acids is 1. The predicted octanol–water partition coefficient (Wildman–Crippen LogP) is 5.42. The maximum atomic E-state index is 13.4. The van der Waals surface area contributed by atoms with Gasteiger partial charge in [-0.15, -0.1) is 11.8 Å². The number of aryl methyl sites for hydroxylation is 2. The van der Waals surface area contributed by atoms with Crippen LogP contribution in [0.3, 0.4) is 0 Å². The third-order valence-electron chi connectivity index (χ3n) is 4.47. The van der Waals surface area contributed by atoms with Gasteiger partial charge in [0.15, 0.2) is 0 Å². The molecule has 156 valence electrons. The van der Waals surface area contributed by atoms with Gasteiger partial charge in [0, 0.05) is 11.0 Å². The van der Waals surface area contributed by atoms with Crippen LogP contribution in [0.1, 0.15) is 38.8 Å². The molecule has 0 aliphatic heterocycles. The molecule has 0 amide bonds. The second kappa shape index (κ2) is 8.74. The molecule has 0 spiro atoms. The van der Waals surface area contributed by atoms with Gasteiger partial charge >= 0.3 is 12.1 Å². The molecule has 0 saturated heterocycles. The minimum atomic E-state index is -4.45. The second-order valence-corrected chi connectivity index (χ2v) is 7.83. The Balaban J connectivity index is 1.97. The van der Waals surface area contributed by atoms with Crippen LogP contribution in [-0.2, 0) is 11.0 Å². The van der Waals surface area contributed by atoms with E-state index in [1.54, 1.807) is 18.2 Å². The molecule has 3 aromatic rings. The number of thioether (sulfide) groups is 1. The van der Waals surface area contributed by atoms with Crippen molar-refractivity contribution < 1.29 is 23.1 Å². The minimum absolute atomic E-state index is 0.153. The topological polar surface area (TPSA) is 78.9 Å². The molecule has 0 aliphatic carbocycles. The Morgan fingerprint density at radius 2 is 1.93 bits per heavy atom. The first-order valence-corrected chi connectivity index (χ1v) is 9.75. The molecule has 0 radical (unpaired) electrons. The zero-order valence-corrected chi connectivity index (χ0v) is 16.9. The molecule has 2 aromatic carbocycles. The molecule has 1 aromatic heterocycles. The highest BCUT2D eigenvalue weighted by molar-refractivity contribution is 7.99. The molecule has 1 atom stereocenters. The van der Waals surface area contributed by atoms with Gasteiger partial charge in [-0.2, -0.15) is 28.6 Å². The third-order valence-corrected chi connectivity index (χ3v) is 5.75. The number of nitrogens with one attached hydrogen (secondary N) is 1. The third kappa shape index (κ3) is 5.10. The lowest BCUT2D eigenvalue weighted by atomic mass is 10.0. The Kier molecular flexibility index (Phi) is 6.31. The fourth-order valence-corrected chi connectivity index (χ4v) is 4.13. The lowest BCUT2D eigenvalue weighted by molar-refractivity contribution is -0.138. The van der Waals surface area contributed by atoms with E-state index in [2.05, 4.69) is 15.4 Å². The zero-order valence-electron chi connectivity index (χ0n) is 16.1. The molecular formula is C21H18F3N3O2S. The van der Waals surface area contributed by atoms with Gasteiger partial charge < -0.3 is 5.11 Å². The van der Waals surface area contributed by atoms with Crippen molar-refractivity contribution in [2.24, 2.45) is 0 Å². The Labute approximate surface area is 175 Å². The van der Waals surface area contributed by atoms with E-state index in [0.29, 0.717) is 11.3 Å². The number of aromatic nitrogens is 3. The van der Waals surface area contributed by atoms with Gasteiger partial charge in [-0.1, -0.05) is 18.2 Å². The fourth-order valence-electron chi connectivity index (χ4n) is 2.95. The van der Waals surface area contributed by atoms with E-state index in [0.717, 1.165) is 28.2 Å². The number of alkyl halides is 3. The molecule has 9 heteroatoms. The average Bonchev–Trinajstić information content (AvgIpc) is 3.19. The fraction of sp³-hybridized carbons (Fsp3) is 0.190. The number of benzene rings is 2. The van der Waals surface area contributed by atoms with E-state index in [4.69, 9.17) is 5.11 Å². The van der Waals surface area contributed by atoms with Crippen molar-refractivity contribution in [1.82, 2.24) is 15.4 Å². The Morgan fingerprint density at radius 3 is 2.53 bits per heavy atom. The first kappa shape index (κ1) is 21.6. The maximum absolute atomic E-state index is 13.4. The van der Waals surface area contributed by atoms with Crippen LogP contribution < -0.4 is 0 Å². The van der Waals surface area contributed by atoms with Crippen LogP contribution in [0.5, 0.6) is 0 Å².